The van der Waals surface area contributed by atoms with Crippen molar-refractivity contribution in [1.82, 2.24) is 5.32 Å². The Balaban J connectivity index is 2.09. The number of nitrogens with one attached hydrogen (secondary N) is 1. The van der Waals surface area contributed by atoms with E-state index in [9.17, 15) is 0 Å². The first-order valence-electron chi connectivity index (χ1n) is 5.62. The standard InChI is InChI=1S/C13H19NO/c1-10-7-8-14-13(10)12-5-3-11(4-6-12)9-15-2/h3-6,10,13-14H,7-9H2,1-2H3. The first-order chi connectivity index (χ1) is 7.31. The van der Waals surface area contributed by atoms with Crippen LogP contribution in [0.1, 0.15) is 30.5 Å². The molecule has 1 aromatic rings. The van der Waals surface area contributed by atoms with Gasteiger partial charge >= 0.3 is 0 Å². The van der Waals surface area contributed by atoms with Gasteiger partial charge < -0.3 is 10.1 Å². The van der Waals surface area contributed by atoms with E-state index < -0.39 is 0 Å². The maximum Gasteiger partial charge on any atom is 0.0713 e. The molecule has 1 saturated heterocycles. The summed E-state index contributed by atoms with van der Waals surface area (Å²) in [5, 5.41) is 3.54. The van der Waals surface area contributed by atoms with Gasteiger partial charge in [0.25, 0.3) is 0 Å². The Bertz CT molecular complexity index is 307. The Hall–Kier alpha value is -0.860. The Labute approximate surface area is 91.6 Å². The fourth-order valence-electron chi connectivity index (χ4n) is 2.27. The van der Waals surface area contributed by atoms with E-state index in [1.54, 1.807) is 7.11 Å². The summed E-state index contributed by atoms with van der Waals surface area (Å²) < 4.78 is 5.10. The van der Waals surface area contributed by atoms with Gasteiger partial charge in [0, 0.05) is 13.2 Å². The molecule has 0 spiro atoms. The summed E-state index contributed by atoms with van der Waals surface area (Å²) in [6, 6.07) is 9.29. The second kappa shape index (κ2) is 4.77. The Morgan fingerprint density at radius 2 is 2.07 bits per heavy atom. The Morgan fingerprint density at radius 3 is 2.60 bits per heavy atom. The third-order valence-electron chi connectivity index (χ3n) is 3.18. The van der Waals surface area contributed by atoms with E-state index in [0.717, 1.165) is 12.5 Å². The van der Waals surface area contributed by atoms with Crippen LogP contribution in [-0.4, -0.2) is 13.7 Å². The van der Waals surface area contributed by atoms with Gasteiger partial charge in [-0.15, -0.1) is 0 Å². The lowest BCUT2D eigenvalue weighted by Crippen LogP contribution is -2.16. The van der Waals surface area contributed by atoms with Crippen molar-refractivity contribution in [2.45, 2.75) is 26.0 Å². The van der Waals surface area contributed by atoms with Gasteiger partial charge in [-0.2, -0.15) is 0 Å². The van der Waals surface area contributed by atoms with Gasteiger partial charge in [0.2, 0.25) is 0 Å². The van der Waals surface area contributed by atoms with Crippen molar-refractivity contribution in [3.63, 3.8) is 0 Å². The number of benzene rings is 1. The molecule has 0 bridgehead atoms. The number of hydrogen-bond donors (Lipinski definition) is 1. The second-order valence-corrected chi connectivity index (χ2v) is 4.37. The molecule has 2 atom stereocenters. The van der Waals surface area contributed by atoms with Crippen molar-refractivity contribution >= 4 is 0 Å². The van der Waals surface area contributed by atoms with E-state index in [0.29, 0.717) is 12.6 Å². The normalized spacial score (nSPS) is 25.7. The molecule has 0 saturated carbocycles. The van der Waals surface area contributed by atoms with Crippen molar-refractivity contribution in [3.05, 3.63) is 35.4 Å². The molecule has 0 aliphatic carbocycles. The summed E-state index contributed by atoms with van der Waals surface area (Å²) >= 11 is 0. The average molecular weight is 205 g/mol. The Kier molecular flexibility index (Phi) is 3.39. The van der Waals surface area contributed by atoms with Gasteiger partial charge in [-0.25, -0.2) is 0 Å². The highest BCUT2D eigenvalue weighted by molar-refractivity contribution is 5.25. The fourth-order valence-corrected chi connectivity index (χ4v) is 2.27. The molecular formula is C13H19NO. The largest absolute Gasteiger partial charge is 0.380 e. The zero-order valence-corrected chi connectivity index (χ0v) is 9.49. The minimum atomic E-state index is 0.543. The minimum Gasteiger partial charge on any atom is -0.380 e. The minimum absolute atomic E-state index is 0.543. The van der Waals surface area contributed by atoms with Crippen LogP contribution in [0.15, 0.2) is 24.3 Å². The quantitative estimate of drug-likeness (QED) is 0.818. The molecule has 1 aromatic carbocycles. The highest BCUT2D eigenvalue weighted by Gasteiger charge is 2.23. The second-order valence-electron chi connectivity index (χ2n) is 4.37. The third kappa shape index (κ3) is 2.39. The van der Waals surface area contributed by atoms with Crippen LogP contribution in [-0.2, 0) is 11.3 Å². The van der Waals surface area contributed by atoms with Gasteiger partial charge in [0.1, 0.15) is 0 Å². The number of methoxy groups -OCH3 is 1. The molecule has 2 unspecified atom stereocenters. The predicted molar refractivity (Wildman–Crippen MR) is 61.7 cm³/mol. The van der Waals surface area contributed by atoms with Crippen LogP contribution >= 0.6 is 0 Å². The van der Waals surface area contributed by atoms with Gasteiger partial charge in [-0.1, -0.05) is 31.2 Å². The maximum absolute atomic E-state index is 5.10. The topological polar surface area (TPSA) is 21.3 Å². The molecular weight excluding hydrogens is 186 g/mol. The molecule has 15 heavy (non-hydrogen) atoms. The first kappa shape index (κ1) is 10.7. The van der Waals surface area contributed by atoms with Crippen molar-refractivity contribution in [1.29, 1.82) is 0 Å². The summed E-state index contributed by atoms with van der Waals surface area (Å²) in [6.07, 6.45) is 1.28. The molecule has 1 aliphatic rings. The van der Waals surface area contributed by atoms with Crippen LogP contribution in [0.5, 0.6) is 0 Å². The molecule has 2 nitrogen and oxygen atoms in total. The van der Waals surface area contributed by atoms with Crippen LogP contribution in [0.2, 0.25) is 0 Å². The highest BCUT2D eigenvalue weighted by atomic mass is 16.5. The predicted octanol–water partition coefficient (Wildman–Crippen LogP) is 2.50. The van der Waals surface area contributed by atoms with Gasteiger partial charge in [-0.05, 0) is 30.0 Å². The van der Waals surface area contributed by atoms with E-state index in [4.69, 9.17) is 4.74 Å². The molecule has 82 valence electrons. The highest BCUT2D eigenvalue weighted by Crippen LogP contribution is 2.28. The summed E-state index contributed by atoms with van der Waals surface area (Å²) in [5.74, 6) is 0.748. The summed E-state index contributed by atoms with van der Waals surface area (Å²) in [4.78, 5) is 0. The Morgan fingerprint density at radius 1 is 1.33 bits per heavy atom. The first-order valence-corrected chi connectivity index (χ1v) is 5.62. The summed E-state index contributed by atoms with van der Waals surface area (Å²) in [7, 11) is 1.73. The lowest BCUT2D eigenvalue weighted by Gasteiger charge is -2.16. The number of hydrogen-bond acceptors (Lipinski definition) is 2. The van der Waals surface area contributed by atoms with Crippen molar-refractivity contribution in [3.8, 4) is 0 Å². The van der Waals surface area contributed by atoms with Crippen LogP contribution in [0.3, 0.4) is 0 Å². The van der Waals surface area contributed by atoms with E-state index in [-0.39, 0.29) is 0 Å². The van der Waals surface area contributed by atoms with E-state index in [1.165, 1.54) is 17.5 Å². The third-order valence-corrected chi connectivity index (χ3v) is 3.18. The molecule has 0 amide bonds. The SMILES string of the molecule is COCc1ccc(C2NCCC2C)cc1. The number of rotatable bonds is 3. The lowest BCUT2D eigenvalue weighted by atomic mass is 9.95. The van der Waals surface area contributed by atoms with Crippen LogP contribution in [0.4, 0.5) is 0 Å². The zero-order valence-electron chi connectivity index (χ0n) is 9.49. The van der Waals surface area contributed by atoms with Crippen molar-refractivity contribution in [2.75, 3.05) is 13.7 Å². The van der Waals surface area contributed by atoms with Crippen LogP contribution in [0, 0.1) is 5.92 Å². The molecule has 1 fully saturated rings. The molecule has 1 N–H and O–H groups in total. The fraction of sp³-hybridized carbons (Fsp3) is 0.538. The lowest BCUT2D eigenvalue weighted by molar-refractivity contribution is 0.185. The average Bonchev–Trinajstić information content (AvgIpc) is 2.66. The van der Waals surface area contributed by atoms with E-state index in [2.05, 4.69) is 36.5 Å². The van der Waals surface area contributed by atoms with Crippen LogP contribution in [0.25, 0.3) is 0 Å². The number of ether oxygens (including phenoxy) is 1. The maximum atomic E-state index is 5.10. The van der Waals surface area contributed by atoms with Crippen molar-refractivity contribution in [2.24, 2.45) is 5.92 Å². The molecule has 1 heterocycles. The van der Waals surface area contributed by atoms with Gasteiger partial charge in [0.05, 0.1) is 6.61 Å². The smallest absolute Gasteiger partial charge is 0.0713 e. The van der Waals surface area contributed by atoms with E-state index >= 15 is 0 Å². The molecule has 2 heteroatoms. The van der Waals surface area contributed by atoms with E-state index in [1.807, 2.05) is 0 Å². The van der Waals surface area contributed by atoms with Crippen LogP contribution < -0.4 is 5.32 Å². The molecule has 0 aromatic heterocycles. The summed E-state index contributed by atoms with van der Waals surface area (Å²) in [6.45, 7) is 4.16. The summed E-state index contributed by atoms with van der Waals surface area (Å²) in [5.41, 5.74) is 2.65. The zero-order chi connectivity index (χ0) is 10.7. The monoisotopic (exact) mass is 205 g/mol. The molecule has 0 radical (unpaired) electrons. The molecule has 2 rings (SSSR count). The van der Waals surface area contributed by atoms with Gasteiger partial charge in [-0.3, -0.25) is 0 Å². The van der Waals surface area contributed by atoms with Gasteiger partial charge in [0.15, 0.2) is 0 Å². The van der Waals surface area contributed by atoms with Crippen molar-refractivity contribution < 1.29 is 4.74 Å². The molecule has 1 aliphatic heterocycles.